The average Bonchev–Trinajstić information content (AvgIpc) is 2.45. The van der Waals surface area contributed by atoms with Gasteiger partial charge in [0.05, 0.1) is 12.7 Å². The smallest absolute Gasteiger partial charge is 0.410 e. The molecular formula is C18H27NO3. The van der Waals surface area contributed by atoms with Gasteiger partial charge in [-0.05, 0) is 51.7 Å². The zero-order valence-electron chi connectivity index (χ0n) is 14.1. The van der Waals surface area contributed by atoms with Crippen LogP contribution in [0.25, 0.3) is 0 Å². The lowest BCUT2D eigenvalue weighted by Crippen LogP contribution is -2.43. The van der Waals surface area contributed by atoms with Gasteiger partial charge in [-0.3, -0.25) is 0 Å². The lowest BCUT2D eigenvalue weighted by atomic mass is 10.1. The molecule has 1 heterocycles. The van der Waals surface area contributed by atoms with Crippen molar-refractivity contribution in [3.8, 4) is 0 Å². The summed E-state index contributed by atoms with van der Waals surface area (Å²) in [6.07, 6.45) is 1.74. The van der Waals surface area contributed by atoms with Gasteiger partial charge in [0, 0.05) is 13.1 Å². The molecule has 0 aromatic heterocycles. The summed E-state index contributed by atoms with van der Waals surface area (Å²) in [6, 6.07) is 8.28. The van der Waals surface area contributed by atoms with E-state index in [1.807, 2.05) is 32.9 Å². The third-order valence-corrected chi connectivity index (χ3v) is 3.83. The van der Waals surface area contributed by atoms with Crippen molar-refractivity contribution in [2.75, 3.05) is 13.1 Å². The Labute approximate surface area is 133 Å². The molecule has 1 aromatic carbocycles. The first-order valence-electron chi connectivity index (χ1n) is 7.99. The zero-order chi connectivity index (χ0) is 16.2. The number of nitrogens with zero attached hydrogens (tertiary/aromatic N) is 1. The molecule has 4 nitrogen and oxygen atoms in total. The molecule has 0 aliphatic carbocycles. The molecule has 1 aromatic rings. The number of hydrogen-bond acceptors (Lipinski definition) is 3. The van der Waals surface area contributed by atoms with Crippen LogP contribution in [0.15, 0.2) is 24.3 Å². The standard InChI is InChI=1S/C18H27NO3/c1-14-7-5-6-8-15(14)13-21-16-9-11-19(12-10-16)17(20)22-18(2,3)4/h5-8,16H,9-13H2,1-4H3. The maximum absolute atomic E-state index is 12.0. The van der Waals surface area contributed by atoms with E-state index >= 15 is 0 Å². The van der Waals surface area contributed by atoms with Gasteiger partial charge in [-0.2, -0.15) is 0 Å². The Balaban J connectivity index is 1.76. The van der Waals surface area contributed by atoms with Crippen LogP contribution in [0, 0.1) is 6.92 Å². The second-order valence-corrected chi connectivity index (χ2v) is 6.90. The second-order valence-electron chi connectivity index (χ2n) is 6.90. The molecule has 122 valence electrons. The maximum atomic E-state index is 12.0. The zero-order valence-corrected chi connectivity index (χ0v) is 14.1. The van der Waals surface area contributed by atoms with Gasteiger partial charge in [0.2, 0.25) is 0 Å². The van der Waals surface area contributed by atoms with Crippen LogP contribution < -0.4 is 0 Å². The van der Waals surface area contributed by atoms with E-state index in [2.05, 4.69) is 19.1 Å². The number of carbonyl (C=O) groups is 1. The lowest BCUT2D eigenvalue weighted by molar-refractivity contribution is -0.0171. The van der Waals surface area contributed by atoms with Crippen LogP contribution in [0.5, 0.6) is 0 Å². The Morgan fingerprint density at radius 1 is 1.23 bits per heavy atom. The molecule has 22 heavy (non-hydrogen) atoms. The van der Waals surface area contributed by atoms with Gasteiger partial charge in [-0.1, -0.05) is 24.3 Å². The number of ether oxygens (including phenoxy) is 2. The molecule has 2 rings (SSSR count). The quantitative estimate of drug-likeness (QED) is 0.850. The van der Waals surface area contributed by atoms with Gasteiger partial charge in [0.15, 0.2) is 0 Å². The molecule has 4 heteroatoms. The summed E-state index contributed by atoms with van der Waals surface area (Å²) >= 11 is 0. The average molecular weight is 305 g/mol. The van der Waals surface area contributed by atoms with Crippen molar-refractivity contribution < 1.29 is 14.3 Å². The molecule has 0 atom stereocenters. The van der Waals surface area contributed by atoms with Gasteiger partial charge in [-0.15, -0.1) is 0 Å². The van der Waals surface area contributed by atoms with Gasteiger partial charge < -0.3 is 14.4 Å². The first kappa shape index (κ1) is 16.8. The van der Waals surface area contributed by atoms with Crippen LogP contribution in [0.1, 0.15) is 44.7 Å². The van der Waals surface area contributed by atoms with Crippen LogP contribution in [-0.2, 0) is 16.1 Å². The minimum absolute atomic E-state index is 0.218. The van der Waals surface area contributed by atoms with Gasteiger partial charge in [0.1, 0.15) is 5.60 Å². The Morgan fingerprint density at radius 2 is 1.86 bits per heavy atom. The van der Waals surface area contributed by atoms with E-state index in [4.69, 9.17) is 9.47 Å². The fourth-order valence-electron chi connectivity index (χ4n) is 2.51. The summed E-state index contributed by atoms with van der Waals surface area (Å²) in [7, 11) is 0. The first-order valence-corrected chi connectivity index (χ1v) is 7.99. The Morgan fingerprint density at radius 3 is 2.45 bits per heavy atom. The highest BCUT2D eigenvalue weighted by atomic mass is 16.6. The molecule has 0 N–H and O–H groups in total. The molecule has 0 bridgehead atoms. The van der Waals surface area contributed by atoms with E-state index in [1.165, 1.54) is 11.1 Å². The van der Waals surface area contributed by atoms with Crippen molar-refractivity contribution in [1.82, 2.24) is 4.90 Å². The number of benzene rings is 1. The largest absolute Gasteiger partial charge is 0.444 e. The van der Waals surface area contributed by atoms with E-state index < -0.39 is 5.60 Å². The maximum Gasteiger partial charge on any atom is 0.410 e. The number of carbonyl (C=O) groups excluding carboxylic acids is 1. The lowest BCUT2D eigenvalue weighted by Gasteiger charge is -2.33. The molecule has 0 unspecified atom stereocenters. The summed E-state index contributed by atoms with van der Waals surface area (Å²) < 4.78 is 11.4. The highest BCUT2D eigenvalue weighted by Gasteiger charge is 2.27. The molecule has 1 fully saturated rings. The molecule has 1 aliphatic heterocycles. The molecule has 0 spiro atoms. The minimum atomic E-state index is -0.435. The predicted octanol–water partition coefficient (Wildman–Crippen LogP) is 3.91. The van der Waals surface area contributed by atoms with Crippen LogP contribution in [-0.4, -0.2) is 35.8 Å². The molecule has 1 saturated heterocycles. The van der Waals surface area contributed by atoms with Crippen LogP contribution in [0.3, 0.4) is 0 Å². The number of piperidine rings is 1. The summed E-state index contributed by atoms with van der Waals surface area (Å²) in [4.78, 5) is 13.8. The molecule has 1 aliphatic rings. The number of hydrogen-bond donors (Lipinski definition) is 0. The third-order valence-electron chi connectivity index (χ3n) is 3.83. The normalized spacial score (nSPS) is 16.6. The Kier molecular flexibility index (Phi) is 5.46. The van der Waals surface area contributed by atoms with Crippen molar-refractivity contribution in [1.29, 1.82) is 0 Å². The number of amides is 1. The van der Waals surface area contributed by atoms with E-state index in [1.54, 1.807) is 4.90 Å². The number of aryl methyl sites for hydroxylation is 1. The van der Waals surface area contributed by atoms with Crippen LogP contribution >= 0.6 is 0 Å². The van der Waals surface area contributed by atoms with Gasteiger partial charge in [0.25, 0.3) is 0 Å². The van der Waals surface area contributed by atoms with Crippen molar-refractivity contribution in [2.24, 2.45) is 0 Å². The Bertz CT molecular complexity index is 499. The fourth-order valence-corrected chi connectivity index (χ4v) is 2.51. The van der Waals surface area contributed by atoms with E-state index in [-0.39, 0.29) is 12.2 Å². The number of likely N-dealkylation sites (tertiary alicyclic amines) is 1. The Hall–Kier alpha value is -1.55. The molecule has 0 saturated carbocycles. The summed E-state index contributed by atoms with van der Waals surface area (Å²) in [6.45, 7) is 9.82. The molecular weight excluding hydrogens is 278 g/mol. The van der Waals surface area contributed by atoms with Crippen molar-refractivity contribution in [2.45, 2.75) is 58.8 Å². The van der Waals surface area contributed by atoms with E-state index in [9.17, 15) is 4.79 Å². The predicted molar refractivity (Wildman–Crippen MR) is 86.8 cm³/mol. The van der Waals surface area contributed by atoms with E-state index in [0.29, 0.717) is 19.7 Å². The summed E-state index contributed by atoms with van der Waals surface area (Å²) in [5.41, 5.74) is 2.06. The third kappa shape index (κ3) is 5.02. The monoisotopic (exact) mass is 305 g/mol. The SMILES string of the molecule is Cc1ccccc1COC1CCN(C(=O)OC(C)(C)C)CC1. The van der Waals surface area contributed by atoms with E-state index in [0.717, 1.165) is 12.8 Å². The van der Waals surface area contributed by atoms with Gasteiger partial charge in [-0.25, -0.2) is 4.79 Å². The highest BCUT2D eigenvalue weighted by Crippen LogP contribution is 2.19. The summed E-state index contributed by atoms with van der Waals surface area (Å²) in [5.74, 6) is 0. The second kappa shape index (κ2) is 7.14. The molecule has 1 amide bonds. The fraction of sp³-hybridized carbons (Fsp3) is 0.611. The van der Waals surface area contributed by atoms with Crippen LogP contribution in [0.2, 0.25) is 0 Å². The topological polar surface area (TPSA) is 38.8 Å². The molecule has 0 radical (unpaired) electrons. The van der Waals surface area contributed by atoms with Gasteiger partial charge >= 0.3 is 6.09 Å². The van der Waals surface area contributed by atoms with Crippen molar-refractivity contribution >= 4 is 6.09 Å². The van der Waals surface area contributed by atoms with Crippen LogP contribution in [0.4, 0.5) is 4.79 Å². The van der Waals surface area contributed by atoms with Crippen molar-refractivity contribution in [3.63, 3.8) is 0 Å². The highest BCUT2D eigenvalue weighted by molar-refractivity contribution is 5.68. The minimum Gasteiger partial charge on any atom is -0.444 e. The summed E-state index contributed by atoms with van der Waals surface area (Å²) in [5, 5.41) is 0. The first-order chi connectivity index (χ1) is 10.3. The number of rotatable bonds is 3. The van der Waals surface area contributed by atoms with Crippen molar-refractivity contribution in [3.05, 3.63) is 35.4 Å².